The van der Waals surface area contributed by atoms with Crippen molar-refractivity contribution in [2.75, 3.05) is 6.54 Å². The Labute approximate surface area is 85.9 Å². The molecule has 1 heteroatoms. The van der Waals surface area contributed by atoms with Crippen LogP contribution in [0.15, 0.2) is 29.3 Å². The Hall–Kier alpha value is -1.55. The SMILES string of the molecule is C#Cc1ccc(C(C)=NCCC)cc1. The van der Waals surface area contributed by atoms with Gasteiger partial charge in [0.1, 0.15) is 0 Å². The van der Waals surface area contributed by atoms with Crippen LogP contribution in [0.5, 0.6) is 0 Å². The molecule has 0 aliphatic carbocycles. The highest BCUT2D eigenvalue weighted by molar-refractivity contribution is 5.98. The van der Waals surface area contributed by atoms with Crippen molar-refractivity contribution < 1.29 is 0 Å². The zero-order valence-electron chi connectivity index (χ0n) is 8.75. The summed E-state index contributed by atoms with van der Waals surface area (Å²) < 4.78 is 0. The van der Waals surface area contributed by atoms with Gasteiger partial charge in [0.15, 0.2) is 0 Å². The molecule has 1 rings (SSSR count). The minimum Gasteiger partial charge on any atom is -0.289 e. The molecule has 72 valence electrons. The van der Waals surface area contributed by atoms with E-state index in [1.54, 1.807) is 0 Å². The Bertz CT molecular complexity index is 352. The monoisotopic (exact) mass is 185 g/mol. The summed E-state index contributed by atoms with van der Waals surface area (Å²) in [5.41, 5.74) is 3.14. The fraction of sp³-hybridized carbons (Fsp3) is 0.308. The quantitative estimate of drug-likeness (QED) is 0.507. The molecule has 0 fully saturated rings. The summed E-state index contributed by atoms with van der Waals surface area (Å²) in [4.78, 5) is 4.43. The minimum atomic E-state index is 0.892. The largest absolute Gasteiger partial charge is 0.289 e. The topological polar surface area (TPSA) is 12.4 Å². The summed E-state index contributed by atoms with van der Waals surface area (Å²) in [6.07, 6.45) is 6.36. The van der Waals surface area contributed by atoms with Crippen LogP contribution in [0.25, 0.3) is 0 Å². The lowest BCUT2D eigenvalue weighted by molar-refractivity contribution is 0.931. The smallest absolute Gasteiger partial charge is 0.0390 e. The van der Waals surface area contributed by atoms with Gasteiger partial charge in [-0.3, -0.25) is 4.99 Å². The summed E-state index contributed by atoms with van der Waals surface area (Å²) in [5.74, 6) is 2.60. The molecular weight excluding hydrogens is 170 g/mol. The standard InChI is InChI=1S/C13H15N/c1-4-10-14-11(3)13-8-6-12(5-2)7-9-13/h2,6-9H,4,10H2,1,3H3. The summed E-state index contributed by atoms with van der Waals surface area (Å²) in [6.45, 7) is 5.04. The van der Waals surface area contributed by atoms with Crippen molar-refractivity contribution in [3.05, 3.63) is 35.4 Å². The molecule has 0 atom stereocenters. The molecule has 0 aliphatic heterocycles. The minimum absolute atomic E-state index is 0.892. The van der Waals surface area contributed by atoms with Gasteiger partial charge >= 0.3 is 0 Å². The van der Waals surface area contributed by atoms with Gasteiger partial charge in [-0.1, -0.05) is 25.0 Å². The van der Waals surface area contributed by atoms with E-state index in [0.717, 1.165) is 29.8 Å². The molecule has 0 heterocycles. The first-order valence-corrected chi connectivity index (χ1v) is 4.86. The van der Waals surface area contributed by atoms with Gasteiger partial charge in [-0.05, 0) is 31.0 Å². The van der Waals surface area contributed by atoms with E-state index >= 15 is 0 Å². The van der Waals surface area contributed by atoms with E-state index in [1.807, 2.05) is 31.2 Å². The molecule has 0 bridgehead atoms. The molecule has 0 aromatic heterocycles. The molecule has 0 unspecified atom stereocenters. The van der Waals surface area contributed by atoms with Crippen LogP contribution >= 0.6 is 0 Å². The first-order chi connectivity index (χ1) is 6.77. The second kappa shape index (κ2) is 5.24. The second-order valence-electron chi connectivity index (χ2n) is 3.19. The van der Waals surface area contributed by atoms with Crippen LogP contribution in [-0.2, 0) is 0 Å². The predicted molar refractivity (Wildman–Crippen MR) is 61.7 cm³/mol. The number of rotatable bonds is 3. The fourth-order valence-electron chi connectivity index (χ4n) is 1.18. The Morgan fingerprint density at radius 2 is 2.00 bits per heavy atom. The molecule has 0 aliphatic rings. The van der Waals surface area contributed by atoms with Gasteiger partial charge in [0.2, 0.25) is 0 Å². The van der Waals surface area contributed by atoms with Crippen LogP contribution in [0.2, 0.25) is 0 Å². The van der Waals surface area contributed by atoms with Crippen molar-refractivity contribution in [3.63, 3.8) is 0 Å². The Morgan fingerprint density at radius 3 is 2.50 bits per heavy atom. The first-order valence-electron chi connectivity index (χ1n) is 4.86. The zero-order valence-corrected chi connectivity index (χ0v) is 8.75. The van der Waals surface area contributed by atoms with Crippen molar-refractivity contribution in [1.29, 1.82) is 0 Å². The number of nitrogens with zero attached hydrogens (tertiary/aromatic N) is 1. The summed E-state index contributed by atoms with van der Waals surface area (Å²) in [7, 11) is 0. The molecule has 0 saturated carbocycles. The summed E-state index contributed by atoms with van der Waals surface area (Å²) in [6, 6.07) is 7.92. The number of hydrogen-bond donors (Lipinski definition) is 0. The van der Waals surface area contributed by atoms with Crippen molar-refractivity contribution in [2.45, 2.75) is 20.3 Å². The van der Waals surface area contributed by atoms with Gasteiger partial charge in [-0.2, -0.15) is 0 Å². The third kappa shape index (κ3) is 2.74. The van der Waals surface area contributed by atoms with Gasteiger partial charge in [0, 0.05) is 17.8 Å². The lowest BCUT2D eigenvalue weighted by atomic mass is 10.1. The number of terminal acetylenes is 1. The van der Waals surface area contributed by atoms with E-state index in [1.165, 1.54) is 0 Å². The maximum Gasteiger partial charge on any atom is 0.0390 e. The molecule has 0 N–H and O–H groups in total. The molecule has 14 heavy (non-hydrogen) atoms. The summed E-state index contributed by atoms with van der Waals surface area (Å²) >= 11 is 0. The van der Waals surface area contributed by atoms with Crippen LogP contribution < -0.4 is 0 Å². The molecule has 0 saturated heterocycles. The van der Waals surface area contributed by atoms with Gasteiger partial charge in [0.25, 0.3) is 0 Å². The van der Waals surface area contributed by atoms with Crippen molar-refractivity contribution in [1.82, 2.24) is 0 Å². The fourth-order valence-corrected chi connectivity index (χ4v) is 1.18. The maximum atomic E-state index is 5.28. The molecule has 0 radical (unpaired) electrons. The Morgan fingerprint density at radius 1 is 1.36 bits per heavy atom. The molecule has 1 aromatic rings. The normalized spacial score (nSPS) is 11.1. The predicted octanol–water partition coefficient (Wildman–Crippen LogP) is 2.89. The van der Waals surface area contributed by atoms with Crippen molar-refractivity contribution in [2.24, 2.45) is 4.99 Å². The molecule has 1 nitrogen and oxygen atoms in total. The van der Waals surface area contributed by atoms with E-state index in [-0.39, 0.29) is 0 Å². The third-order valence-electron chi connectivity index (χ3n) is 2.04. The van der Waals surface area contributed by atoms with Gasteiger partial charge in [-0.15, -0.1) is 6.42 Å². The highest BCUT2D eigenvalue weighted by Gasteiger charge is 1.95. The van der Waals surface area contributed by atoms with Crippen LogP contribution in [0.3, 0.4) is 0 Å². The zero-order chi connectivity index (χ0) is 10.4. The van der Waals surface area contributed by atoms with Crippen molar-refractivity contribution in [3.8, 4) is 12.3 Å². The van der Waals surface area contributed by atoms with E-state index in [0.29, 0.717) is 0 Å². The lowest BCUT2D eigenvalue weighted by Crippen LogP contribution is -1.95. The highest BCUT2D eigenvalue weighted by Crippen LogP contribution is 2.04. The maximum absolute atomic E-state index is 5.28. The molecular formula is C13H15N. The molecule has 1 aromatic carbocycles. The van der Waals surface area contributed by atoms with Crippen LogP contribution in [0.1, 0.15) is 31.4 Å². The van der Waals surface area contributed by atoms with Gasteiger partial charge < -0.3 is 0 Å². The van der Waals surface area contributed by atoms with E-state index in [9.17, 15) is 0 Å². The first kappa shape index (κ1) is 10.5. The van der Waals surface area contributed by atoms with E-state index in [2.05, 4.69) is 17.8 Å². The van der Waals surface area contributed by atoms with Gasteiger partial charge in [0.05, 0.1) is 0 Å². The van der Waals surface area contributed by atoms with Crippen LogP contribution in [-0.4, -0.2) is 12.3 Å². The van der Waals surface area contributed by atoms with Crippen LogP contribution in [0.4, 0.5) is 0 Å². The highest BCUT2D eigenvalue weighted by atomic mass is 14.7. The molecule has 0 amide bonds. The van der Waals surface area contributed by atoms with E-state index < -0.39 is 0 Å². The number of hydrogen-bond acceptors (Lipinski definition) is 1. The van der Waals surface area contributed by atoms with Crippen molar-refractivity contribution >= 4 is 5.71 Å². The Kier molecular flexibility index (Phi) is 3.94. The number of aliphatic imine (C=N–C) groups is 1. The second-order valence-corrected chi connectivity index (χ2v) is 3.19. The van der Waals surface area contributed by atoms with Crippen LogP contribution in [0, 0.1) is 12.3 Å². The Balaban J connectivity index is 2.82. The average Bonchev–Trinajstić information content (AvgIpc) is 2.26. The molecule has 0 spiro atoms. The van der Waals surface area contributed by atoms with Gasteiger partial charge in [-0.25, -0.2) is 0 Å². The number of benzene rings is 1. The third-order valence-corrected chi connectivity index (χ3v) is 2.04. The lowest BCUT2D eigenvalue weighted by Gasteiger charge is -2.00. The summed E-state index contributed by atoms with van der Waals surface area (Å²) in [5, 5.41) is 0. The average molecular weight is 185 g/mol. The van der Waals surface area contributed by atoms with E-state index in [4.69, 9.17) is 6.42 Å².